The van der Waals surface area contributed by atoms with Gasteiger partial charge in [0, 0.05) is 0 Å². The highest BCUT2D eigenvalue weighted by atomic mass is 14.7. The molecule has 0 aliphatic heterocycles. The smallest absolute Gasteiger partial charge is 0.0172 e. The van der Waals surface area contributed by atoms with Gasteiger partial charge in [0.05, 0.1) is 0 Å². The van der Waals surface area contributed by atoms with E-state index in [0.29, 0.717) is 5.41 Å². The molecule has 0 N–H and O–H groups in total. The van der Waals surface area contributed by atoms with Crippen molar-refractivity contribution in [2.75, 3.05) is 0 Å². The first-order chi connectivity index (χ1) is 7.03. The molecule has 0 aromatic carbocycles. The lowest BCUT2D eigenvalue weighted by molar-refractivity contribution is 0.279. The van der Waals surface area contributed by atoms with Gasteiger partial charge in [-0.25, -0.2) is 0 Å². The Labute approximate surface area is 94.1 Å². The molecule has 0 aromatic rings. The van der Waals surface area contributed by atoms with E-state index in [-0.39, 0.29) is 0 Å². The van der Waals surface area contributed by atoms with E-state index in [1.165, 1.54) is 19.3 Å². The summed E-state index contributed by atoms with van der Waals surface area (Å²) in [5.74, 6) is 4.97. The van der Waals surface area contributed by atoms with Gasteiger partial charge in [-0.2, -0.15) is 0 Å². The number of hydrogen-bond acceptors (Lipinski definition) is 0. The van der Waals surface area contributed by atoms with Crippen LogP contribution >= 0.6 is 0 Å². The maximum atomic E-state index is 2.56. The standard InChI is InChI=1S/C15H24/c1-9-6-8-12-14(15(12,3)4)13-10(2)5-7-11(9)13/h6,10-14H,5,7-8H2,1-4H3/t10?,11-,12-,13-,14-/m0/s1. The maximum absolute atomic E-state index is 2.56. The third kappa shape index (κ3) is 1.20. The van der Waals surface area contributed by atoms with Gasteiger partial charge in [-0.1, -0.05) is 32.4 Å². The van der Waals surface area contributed by atoms with Crippen LogP contribution in [0.4, 0.5) is 0 Å². The fraction of sp³-hybridized carbons (Fsp3) is 0.867. The molecule has 15 heavy (non-hydrogen) atoms. The molecule has 1 unspecified atom stereocenters. The Bertz CT molecular complexity index is 310. The Balaban J connectivity index is 1.96. The minimum atomic E-state index is 0.652. The molecule has 2 fully saturated rings. The molecule has 3 rings (SSSR count). The van der Waals surface area contributed by atoms with Crippen LogP contribution in [0.25, 0.3) is 0 Å². The van der Waals surface area contributed by atoms with Crippen molar-refractivity contribution >= 4 is 0 Å². The second kappa shape index (κ2) is 2.90. The van der Waals surface area contributed by atoms with E-state index in [2.05, 4.69) is 33.8 Å². The highest BCUT2D eigenvalue weighted by molar-refractivity contribution is 5.22. The van der Waals surface area contributed by atoms with E-state index >= 15 is 0 Å². The van der Waals surface area contributed by atoms with Crippen LogP contribution in [0.5, 0.6) is 0 Å². The Morgan fingerprint density at radius 2 is 2.00 bits per heavy atom. The molecule has 0 bridgehead atoms. The van der Waals surface area contributed by atoms with Crippen LogP contribution in [-0.2, 0) is 0 Å². The summed E-state index contributed by atoms with van der Waals surface area (Å²) in [6.45, 7) is 9.88. The van der Waals surface area contributed by atoms with Gasteiger partial charge in [0.15, 0.2) is 0 Å². The topological polar surface area (TPSA) is 0 Å². The van der Waals surface area contributed by atoms with E-state index in [9.17, 15) is 0 Å². The third-order valence-corrected chi connectivity index (χ3v) is 5.89. The maximum Gasteiger partial charge on any atom is -0.0172 e. The lowest BCUT2D eigenvalue weighted by Gasteiger charge is -2.25. The fourth-order valence-electron chi connectivity index (χ4n) is 4.82. The van der Waals surface area contributed by atoms with E-state index in [1.54, 1.807) is 5.57 Å². The van der Waals surface area contributed by atoms with Gasteiger partial charge in [0.25, 0.3) is 0 Å². The van der Waals surface area contributed by atoms with Crippen LogP contribution in [0.15, 0.2) is 11.6 Å². The van der Waals surface area contributed by atoms with Crippen LogP contribution in [-0.4, -0.2) is 0 Å². The van der Waals surface area contributed by atoms with Crippen LogP contribution in [0.2, 0.25) is 0 Å². The Hall–Kier alpha value is -0.260. The fourth-order valence-corrected chi connectivity index (χ4v) is 4.82. The predicted octanol–water partition coefficient (Wildman–Crippen LogP) is 4.27. The number of rotatable bonds is 0. The summed E-state index contributed by atoms with van der Waals surface area (Å²) >= 11 is 0. The molecular weight excluding hydrogens is 180 g/mol. The molecule has 0 aromatic heterocycles. The Morgan fingerprint density at radius 3 is 2.73 bits per heavy atom. The first kappa shape index (κ1) is 9.93. The molecule has 84 valence electrons. The molecule has 0 heterocycles. The van der Waals surface area contributed by atoms with Crippen molar-refractivity contribution in [3.63, 3.8) is 0 Å². The number of allylic oxidation sites excluding steroid dienone is 2. The third-order valence-electron chi connectivity index (χ3n) is 5.89. The van der Waals surface area contributed by atoms with Crippen molar-refractivity contribution in [2.45, 2.75) is 47.0 Å². The molecule has 0 spiro atoms. The molecule has 0 nitrogen and oxygen atoms in total. The zero-order chi connectivity index (χ0) is 10.8. The second-order valence-corrected chi connectivity index (χ2v) is 6.88. The predicted molar refractivity (Wildman–Crippen MR) is 64.5 cm³/mol. The second-order valence-electron chi connectivity index (χ2n) is 6.88. The van der Waals surface area contributed by atoms with Gasteiger partial charge in [0.2, 0.25) is 0 Å². The van der Waals surface area contributed by atoms with Gasteiger partial charge in [-0.15, -0.1) is 0 Å². The molecule has 0 saturated heterocycles. The van der Waals surface area contributed by atoms with Gasteiger partial charge < -0.3 is 0 Å². The van der Waals surface area contributed by atoms with Crippen LogP contribution < -0.4 is 0 Å². The number of fused-ring (bicyclic) bond motifs is 3. The zero-order valence-electron chi connectivity index (χ0n) is 10.6. The highest BCUT2D eigenvalue weighted by Crippen LogP contribution is 2.69. The zero-order valence-corrected chi connectivity index (χ0v) is 10.6. The lowest BCUT2D eigenvalue weighted by atomic mass is 9.80. The van der Waals surface area contributed by atoms with Crippen LogP contribution in [0.3, 0.4) is 0 Å². The molecule has 0 amide bonds. The van der Waals surface area contributed by atoms with E-state index in [0.717, 1.165) is 29.6 Å². The van der Waals surface area contributed by atoms with Gasteiger partial charge in [-0.05, 0) is 61.2 Å². The average molecular weight is 204 g/mol. The summed E-state index contributed by atoms with van der Waals surface area (Å²) in [5.41, 5.74) is 2.37. The summed E-state index contributed by atoms with van der Waals surface area (Å²) < 4.78 is 0. The molecule has 3 aliphatic carbocycles. The Kier molecular flexibility index (Phi) is 1.92. The monoisotopic (exact) mass is 204 g/mol. The largest absolute Gasteiger partial charge is 0.0850 e. The quantitative estimate of drug-likeness (QED) is 0.517. The average Bonchev–Trinajstić information content (AvgIpc) is 2.55. The van der Waals surface area contributed by atoms with Crippen molar-refractivity contribution in [2.24, 2.45) is 35.0 Å². The van der Waals surface area contributed by atoms with Crippen LogP contribution in [0, 0.1) is 35.0 Å². The van der Waals surface area contributed by atoms with E-state index in [1.807, 2.05) is 0 Å². The van der Waals surface area contributed by atoms with E-state index in [4.69, 9.17) is 0 Å². The number of hydrogen-bond donors (Lipinski definition) is 0. The minimum absolute atomic E-state index is 0.652. The van der Waals surface area contributed by atoms with Gasteiger partial charge in [0.1, 0.15) is 0 Å². The van der Waals surface area contributed by atoms with Crippen molar-refractivity contribution in [3.8, 4) is 0 Å². The molecule has 2 saturated carbocycles. The van der Waals surface area contributed by atoms with Gasteiger partial charge >= 0.3 is 0 Å². The summed E-state index contributed by atoms with van der Waals surface area (Å²) in [6.07, 6.45) is 6.87. The lowest BCUT2D eigenvalue weighted by Crippen LogP contribution is -2.18. The van der Waals surface area contributed by atoms with E-state index < -0.39 is 0 Å². The summed E-state index contributed by atoms with van der Waals surface area (Å²) in [6, 6.07) is 0. The molecule has 5 atom stereocenters. The van der Waals surface area contributed by atoms with Crippen molar-refractivity contribution in [3.05, 3.63) is 11.6 Å². The minimum Gasteiger partial charge on any atom is -0.0850 e. The van der Waals surface area contributed by atoms with Crippen molar-refractivity contribution in [1.82, 2.24) is 0 Å². The van der Waals surface area contributed by atoms with Crippen LogP contribution in [0.1, 0.15) is 47.0 Å². The summed E-state index contributed by atoms with van der Waals surface area (Å²) in [5, 5.41) is 0. The SMILES string of the molecule is CC1=CC[C@H]2[C@@H]([C@H]3C(C)CC[C@@H]13)C2(C)C. The molecule has 3 aliphatic rings. The van der Waals surface area contributed by atoms with Crippen molar-refractivity contribution in [1.29, 1.82) is 0 Å². The molecule has 0 heteroatoms. The van der Waals surface area contributed by atoms with Crippen molar-refractivity contribution < 1.29 is 0 Å². The first-order valence-corrected chi connectivity index (χ1v) is 6.70. The summed E-state index contributed by atoms with van der Waals surface area (Å²) in [7, 11) is 0. The Morgan fingerprint density at radius 1 is 1.27 bits per heavy atom. The summed E-state index contributed by atoms with van der Waals surface area (Å²) in [4.78, 5) is 0. The normalized spacial score (nSPS) is 51.5. The molecular formula is C15H24. The highest BCUT2D eigenvalue weighted by Gasteiger charge is 2.63. The first-order valence-electron chi connectivity index (χ1n) is 6.70. The molecule has 0 radical (unpaired) electrons. The van der Waals surface area contributed by atoms with Gasteiger partial charge in [-0.3, -0.25) is 0 Å².